The number of imidazole rings is 1. The topological polar surface area (TPSA) is 54.0 Å². The molecular formula is C15H14N4S. The lowest BCUT2D eigenvalue weighted by atomic mass is 10.1. The van der Waals surface area contributed by atoms with Gasteiger partial charge in [-0.3, -0.25) is 0 Å². The average molecular weight is 282 g/mol. The highest BCUT2D eigenvalue weighted by atomic mass is 32.1. The van der Waals surface area contributed by atoms with Crippen LogP contribution in [0.1, 0.15) is 36.0 Å². The van der Waals surface area contributed by atoms with Gasteiger partial charge in [0.25, 0.3) is 0 Å². The summed E-state index contributed by atoms with van der Waals surface area (Å²) < 4.78 is 1.66. The second kappa shape index (κ2) is 4.73. The zero-order valence-corrected chi connectivity index (χ0v) is 12.4. The van der Waals surface area contributed by atoms with Gasteiger partial charge in [-0.1, -0.05) is 55.0 Å². The van der Waals surface area contributed by atoms with Crippen LogP contribution in [-0.2, 0) is 0 Å². The number of benzene rings is 1. The van der Waals surface area contributed by atoms with Crippen molar-refractivity contribution in [3.63, 3.8) is 0 Å². The molecule has 0 atom stereocenters. The molecule has 100 valence electrons. The summed E-state index contributed by atoms with van der Waals surface area (Å²) in [5.41, 5.74) is 3.36. The number of aryl methyl sites for hydroxylation is 1. The summed E-state index contributed by atoms with van der Waals surface area (Å²) in [6, 6.07) is 10.3. The summed E-state index contributed by atoms with van der Waals surface area (Å²) in [6.45, 7) is 6.22. The number of fused-ring (bicyclic) bond motifs is 1. The van der Waals surface area contributed by atoms with Crippen molar-refractivity contribution in [2.45, 2.75) is 26.7 Å². The molecule has 0 aliphatic heterocycles. The van der Waals surface area contributed by atoms with Crippen LogP contribution in [0.25, 0.3) is 16.2 Å². The minimum Gasteiger partial charge on any atom is -0.216 e. The molecule has 1 aromatic carbocycles. The Morgan fingerprint density at radius 2 is 1.95 bits per heavy atom. The van der Waals surface area contributed by atoms with Crippen molar-refractivity contribution >= 4 is 16.3 Å². The fourth-order valence-corrected chi connectivity index (χ4v) is 2.91. The summed E-state index contributed by atoms with van der Waals surface area (Å²) in [5.74, 6) is 0.344. The van der Waals surface area contributed by atoms with Gasteiger partial charge in [0.15, 0.2) is 5.69 Å². The molecule has 0 bridgehead atoms. The SMILES string of the molecule is Cc1ccc(-c2nc3sc(C(C)C)nn3c2C#N)cc1. The first kappa shape index (κ1) is 12.8. The molecule has 5 heteroatoms. The number of rotatable bonds is 2. The van der Waals surface area contributed by atoms with Crippen molar-refractivity contribution < 1.29 is 0 Å². The number of nitrogens with zero attached hydrogens (tertiary/aromatic N) is 4. The molecule has 20 heavy (non-hydrogen) atoms. The highest BCUT2D eigenvalue weighted by molar-refractivity contribution is 7.16. The maximum absolute atomic E-state index is 9.42. The van der Waals surface area contributed by atoms with Crippen LogP contribution in [0, 0.1) is 18.3 Å². The molecule has 0 unspecified atom stereocenters. The smallest absolute Gasteiger partial charge is 0.214 e. The molecule has 0 fully saturated rings. The summed E-state index contributed by atoms with van der Waals surface area (Å²) in [4.78, 5) is 5.36. The Balaban J connectivity index is 2.19. The van der Waals surface area contributed by atoms with E-state index in [4.69, 9.17) is 0 Å². The number of hydrogen-bond donors (Lipinski definition) is 0. The van der Waals surface area contributed by atoms with Crippen molar-refractivity contribution in [2.75, 3.05) is 0 Å². The van der Waals surface area contributed by atoms with Crippen LogP contribution < -0.4 is 0 Å². The zero-order chi connectivity index (χ0) is 14.3. The maximum atomic E-state index is 9.42. The fraction of sp³-hybridized carbons (Fsp3) is 0.267. The zero-order valence-electron chi connectivity index (χ0n) is 11.6. The Bertz CT molecular complexity index is 803. The molecule has 0 radical (unpaired) electrons. The lowest BCUT2D eigenvalue weighted by molar-refractivity contribution is 0.798. The van der Waals surface area contributed by atoms with Crippen LogP contribution in [0.3, 0.4) is 0 Å². The van der Waals surface area contributed by atoms with E-state index in [2.05, 4.69) is 30.0 Å². The van der Waals surface area contributed by atoms with Gasteiger partial charge in [-0.15, -0.1) is 0 Å². The van der Waals surface area contributed by atoms with Gasteiger partial charge < -0.3 is 0 Å². The van der Waals surface area contributed by atoms with Crippen LogP contribution in [0.15, 0.2) is 24.3 Å². The fourth-order valence-electron chi connectivity index (χ4n) is 2.01. The maximum Gasteiger partial charge on any atom is 0.214 e. The van der Waals surface area contributed by atoms with Crippen LogP contribution in [0.5, 0.6) is 0 Å². The quantitative estimate of drug-likeness (QED) is 0.719. The van der Waals surface area contributed by atoms with Crippen molar-refractivity contribution in [2.24, 2.45) is 0 Å². The molecule has 0 saturated carbocycles. The second-order valence-electron chi connectivity index (χ2n) is 5.08. The van der Waals surface area contributed by atoms with E-state index >= 15 is 0 Å². The van der Waals surface area contributed by atoms with E-state index in [1.165, 1.54) is 5.56 Å². The predicted molar refractivity (Wildman–Crippen MR) is 79.8 cm³/mol. The summed E-state index contributed by atoms with van der Waals surface area (Å²) >= 11 is 1.54. The molecule has 2 heterocycles. The lowest BCUT2D eigenvalue weighted by Crippen LogP contribution is -1.93. The van der Waals surface area contributed by atoms with E-state index in [0.29, 0.717) is 17.3 Å². The minimum absolute atomic E-state index is 0.344. The van der Waals surface area contributed by atoms with Gasteiger partial charge in [-0.25, -0.2) is 4.98 Å². The Morgan fingerprint density at radius 1 is 1.25 bits per heavy atom. The molecule has 0 saturated heterocycles. The van der Waals surface area contributed by atoms with Crippen molar-refractivity contribution in [1.82, 2.24) is 14.6 Å². The highest BCUT2D eigenvalue weighted by Gasteiger charge is 2.18. The monoisotopic (exact) mass is 282 g/mol. The van der Waals surface area contributed by atoms with E-state index in [9.17, 15) is 5.26 Å². The Hall–Kier alpha value is -2.19. The molecule has 0 aliphatic rings. The van der Waals surface area contributed by atoms with E-state index < -0.39 is 0 Å². The average Bonchev–Trinajstić information content (AvgIpc) is 2.96. The van der Waals surface area contributed by atoms with Crippen molar-refractivity contribution in [1.29, 1.82) is 5.26 Å². The molecule has 0 amide bonds. The van der Waals surface area contributed by atoms with Gasteiger partial charge in [0.2, 0.25) is 4.96 Å². The first-order chi connectivity index (χ1) is 9.60. The van der Waals surface area contributed by atoms with Gasteiger partial charge in [0.1, 0.15) is 16.8 Å². The molecule has 0 aliphatic carbocycles. The van der Waals surface area contributed by atoms with Crippen LogP contribution in [0.2, 0.25) is 0 Å². The summed E-state index contributed by atoms with van der Waals surface area (Å²) in [5, 5.41) is 14.9. The van der Waals surface area contributed by atoms with Crippen LogP contribution in [-0.4, -0.2) is 14.6 Å². The first-order valence-corrected chi connectivity index (χ1v) is 7.28. The molecular weight excluding hydrogens is 268 g/mol. The number of hydrogen-bond acceptors (Lipinski definition) is 4. The van der Waals surface area contributed by atoms with Crippen molar-refractivity contribution in [3.8, 4) is 17.3 Å². The molecule has 3 rings (SSSR count). The Morgan fingerprint density at radius 3 is 2.55 bits per heavy atom. The first-order valence-electron chi connectivity index (χ1n) is 6.46. The Labute approximate surface area is 121 Å². The molecule has 0 N–H and O–H groups in total. The lowest BCUT2D eigenvalue weighted by Gasteiger charge is -1.99. The molecule has 2 aromatic heterocycles. The van der Waals surface area contributed by atoms with E-state index in [0.717, 1.165) is 15.5 Å². The largest absolute Gasteiger partial charge is 0.216 e. The Kier molecular flexibility index (Phi) is 3.03. The van der Waals surface area contributed by atoms with Gasteiger partial charge in [0, 0.05) is 11.5 Å². The van der Waals surface area contributed by atoms with Gasteiger partial charge in [0.05, 0.1) is 0 Å². The minimum atomic E-state index is 0.344. The van der Waals surface area contributed by atoms with E-state index in [1.807, 2.05) is 31.2 Å². The molecule has 0 spiro atoms. The molecule has 3 aromatic rings. The van der Waals surface area contributed by atoms with Crippen molar-refractivity contribution in [3.05, 3.63) is 40.5 Å². The van der Waals surface area contributed by atoms with Crippen LogP contribution >= 0.6 is 11.3 Å². The van der Waals surface area contributed by atoms with E-state index in [1.54, 1.807) is 15.9 Å². The van der Waals surface area contributed by atoms with Gasteiger partial charge in [-0.05, 0) is 6.92 Å². The molecule has 4 nitrogen and oxygen atoms in total. The number of nitriles is 1. The van der Waals surface area contributed by atoms with Gasteiger partial charge in [-0.2, -0.15) is 14.9 Å². The summed E-state index contributed by atoms with van der Waals surface area (Å²) in [7, 11) is 0. The highest BCUT2D eigenvalue weighted by Crippen LogP contribution is 2.28. The predicted octanol–water partition coefficient (Wildman–Crippen LogP) is 3.76. The second-order valence-corrected chi connectivity index (χ2v) is 6.06. The third-order valence-corrected chi connectivity index (χ3v) is 4.35. The van der Waals surface area contributed by atoms with Crippen LogP contribution in [0.4, 0.5) is 0 Å². The number of aromatic nitrogens is 3. The van der Waals surface area contributed by atoms with E-state index in [-0.39, 0.29) is 0 Å². The third kappa shape index (κ3) is 1.98. The normalized spacial score (nSPS) is 11.2. The summed E-state index contributed by atoms with van der Waals surface area (Å²) in [6.07, 6.45) is 0. The third-order valence-electron chi connectivity index (χ3n) is 3.14. The standard InChI is InChI=1S/C15H14N4S/c1-9(2)14-18-19-12(8-16)13(17-15(19)20-14)11-6-4-10(3)5-7-11/h4-7,9H,1-3H3. The van der Waals surface area contributed by atoms with Gasteiger partial charge >= 0.3 is 0 Å².